The van der Waals surface area contributed by atoms with Crippen LogP contribution in [0.25, 0.3) is 0 Å². The lowest BCUT2D eigenvalue weighted by molar-refractivity contribution is 0.0989. The molecule has 170 valence electrons. The maximum Gasteiger partial charge on any atom is 0.261 e. The number of carbonyl (C=O) groups is 1. The van der Waals surface area contributed by atoms with Crippen molar-refractivity contribution in [1.82, 2.24) is 0 Å². The van der Waals surface area contributed by atoms with E-state index in [2.05, 4.69) is 4.72 Å². The molecular formula is C27H22N2O3S2. The van der Waals surface area contributed by atoms with Gasteiger partial charge in [-0.15, -0.1) is 0 Å². The summed E-state index contributed by atoms with van der Waals surface area (Å²) >= 11 is 1.50. The van der Waals surface area contributed by atoms with E-state index in [0.717, 1.165) is 21.0 Å². The predicted octanol–water partition coefficient (Wildman–Crippen LogP) is 5.84. The second-order valence-corrected chi connectivity index (χ2v) is 10.7. The lowest BCUT2D eigenvalue weighted by Crippen LogP contribution is -2.28. The average Bonchev–Trinajstić information content (AvgIpc) is 3.29. The van der Waals surface area contributed by atoms with Gasteiger partial charge < -0.3 is 4.90 Å². The number of amides is 1. The molecular weight excluding hydrogens is 464 g/mol. The van der Waals surface area contributed by atoms with Crippen LogP contribution >= 0.6 is 11.8 Å². The van der Waals surface area contributed by atoms with E-state index >= 15 is 0 Å². The molecule has 0 saturated carbocycles. The maximum atomic E-state index is 13.2. The Morgan fingerprint density at radius 2 is 1.50 bits per heavy atom. The van der Waals surface area contributed by atoms with Gasteiger partial charge in [-0.05, 0) is 66.6 Å². The third-order valence-electron chi connectivity index (χ3n) is 5.63. The van der Waals surface area contributed by atoms with Crippen LogP contribution in [0.2, 0.25) is 0 Å². The SMILES string of the molecule is O=C(c1ccccc1)N1CCc2cc(S(=O)(=O)Nc3ccccc3Sc3ccccc3)ccc21. The van der Waals surface area contributed by atoms with Crippen molar-refractivity contribution in [2.45, 2.75) is 21.1 Å². The van der Waals surface area contributed by atoms with Crippen LogP contribution in [0.15, 0.2) is 118 Å². The minimum Gasteiger partial charge on any atom is -0.308 e. The van der Waals surface area contributed by atoms with Gasteiger partial charge in [0.2, 0.25) is 0 Å². The fourth-order valence-corrected chi connectivity index (χ4v) is 6.07. The van der Waals surface area contributed by atoms with Gasteiger partial charge in [-0.3, -0.25) is 9.52 Å². The van der Waals surface area contributed by atoms with Crippen molar-refractivity contribution in [3.8, 4) is 0 Å². The summed E-state index contributed by atoms with van der Waals surface area (Å²) < 4.78 is 29.2. The van der Waals surface area contributed by atoms with E-state index in [9.17, 15) is 13.2 Å². The van der Waals surface area contributed by atoms with Crippen molar-refractivity contribution in [2.75, 3.05) is 16.2 Å². The predicted molar refractivity (Wildman–Crippen MR) is 136 cm³/mol. The van der Waals surface area contributed by atoms with Crippen LogP contribution in [-0.4, -0.2) is 20.9 Å². The lowest BCUT2D eigenvalue weighted by Gasteiger charge is -2.18. The third kappa shape index (κ3) is 4.58. The zero-order valence-electron chi connectivity index (χ0n) is 18.2. The summed E-state index contributed by atoms with van der Waals surface area (Å²) in [6.07, 6.45) is 0.609. The van der Waals surface area contributed by atoms with Crippen molar-refractivity contribution >= 4 is 39.1 Å². The van der Waals surface area contributed by atoms with Gasteiger partial charge in [0, 0.05) is 27.6 Å². The van der Waals surface area contributed by atoms with Gasteiger partial charge in [0.15, 0.2) is 0 Å². The highest BCUT2D eigenvalue weighted by atomic mass is 32.2. The van der Waals surface area contributed by atoms with E-state index in [0.29, 0.717) is 24.2 Å². The molecule has 0 atom stereocenters. The van der Waals surface area contributed by atoms with Gasteiger partial charge >= 0.3 is 0 Å². The fraction of sp³-hybridized carbons (Fsp3) is 0.0741. The van der Waals surface area contributed by atoms with Crippen molar-refractivity contribution in [1.29, 1.82) is 0 Å². The number of sulfonamides is 1. The van der Waals surface area contributed by atoms with E-state index in [1.807, 2.05) is 66.7 Å². The van der Waals surface area contributed by atoms with Gasteiger partial charge in [-0.1, -0.05) is 60.3 Å². The number of benzene rings is 4. The summed E-state index contributed by atoms with van der Waals surface area (Å²) in [5.41, 5.74) is 2.74. The summed E-state index contributed by atoms with van der Waals surface area (Å²) in [4.78, 5) is 16.6. The number of carbonyl (C=O) groups excluding carboxylic acids is 1. The molecule has 4 aromatic carbocycles. The van der Waals surface area contributed by atoms with E-state index in [1.165, 1.54) is 11.8 Å². The minimum atomic E-state index is -3.81. The number of nitrogens with zero attached hydrogens (tertiary/aromatic N) is 1. The molecule has 0 bridgehead atoms. The molecule has 0 fully saturated rings. The fourth-order valence-electron chi connectivity index (χ4n) is 3.95. The van der Waals surface area contributed by atoms with Gasteiger partial charge in [-0.25, -0.2) is 8.42 Å². The molecule has 1 aliphatic heterocycles. The van der Waals surface area contributed by atoms with Gasteiger partial charge in [0.25, 0.3) is 15.9 Å². The first-order chi connectivity index (χ1) is 16.5. The summed E-state index contributed by atoms with van der Waals surface area (Å²) in [6, 6.07) is 31.2. The van der Waals surface area contributed by atoms with E-state index in [4.69, 9.17) is 0 Å². The van der Waals surface area contributed by atoms with Crippen LogP contribution in [0.4, 0.5) is 11.4 Å². The molecule has 5 rings (SSSR count). The number of para-hydroxylation sites is 1. The van der Waals surface area contributed by atoms with E-state index in [1.54, 1.807) is 41.3 Å². The Hall–Kier alpha value is -3.55. The third-order valence-corrected chi connectivity index (χ3v) is 8.07. The lowest BCUT2D eigenvalue weighted by atomic mass is 10.1. The first kappa shape index (κ1) is 22.3. The smallest absolute Gasteiger partial charge is 0.261 e. The first-order valence-electron chi connectivity index (χ1n) is 10.9. The molecule has 1 N–H and O–H groups in total. The zero-order chi connectivity index (χ0) is 23.5. The zero-order valence-corrected chi connectivity index (χ0v) is 19.9. The van der Waals surface area contributed by atoms with Gasteiger partial charge in [-0.2, -0.15) is 0 Å². The summed E-state index contributed by atoms with van der Waals surface area (Å²) in [5.74, 6) is -0.0834. The Morgan fingerprint density at radius 3 is 2.26 bits per heavy atom. The second-order valence-electron chi connectivity index (χ2n) is 7.88. The van der Waals surface area contributed by atoms with Gasteiger partial charge in [0.1, 0.15) is 0 Å². The molecule has 0 spiro atoms. The Kier molecular flexibility index (Phi) is 6.13. The minimum absolute atomic E-state index is 0.0834. The first-order valence-corrected chi connectivity index (χ1v) is 13.2. The van der Waals surface area contributed by atoms with Crippen molar-refractivity contribution < 1.29 is 13.2 Å². The van der Waals surface area contributed by atoms with Crippen LogP contribution in [0, 0.1) is 0 Å². The summed E-state index contributed by atoms with van der Waals surface area (Å²) in [5, 5.41) is 0. The average molecular weight is 487 g/mol. The van der Waals surface area contributed by atoms with E-state index in [-0.39, 0.29) is 10.8 Å². The number of anilines is 2. The number of hydrogen-bond donors (Lipinski definition) is 1. The molecule has 0 saturated heterocycles. The number of fused-ring (bicyclic) bond motifs is 1. The Labute approximate surface area is 203 Å². The Morgan fingerprint density at radius 1 is 0.824 bits per heavy atom. The topological polar surface area (TPSA) is 66.5 Å². The number of hydrogen-bond acceptors (Lipinski definition) is 4. The molecule has 0 aliphatic carbocycles. The molecule has 0 radical (unpaired) electrons. The Balaban J connectivity index is 1.39. The molecule has 0 unspecified atom stereocenters. The van der Waals surface area contributed by atoms with Crippen LogP contribution in [-0.2, 0) is 16.4 Å². The molecule has 34 heavy (non-hydrogen) atoms. The molecule has 7 heteroatoms. The largest absolute Gasteiger partial charge is 0.308 e. The standard InChI is InChI=1S/C27H22N2O3S2/c30-27(20-9-3-1-4-10-20)29-18-17-21-19-23(15-16-25(21)29)34(31,32)28-24-13-7-8-14-26(24)33-22-11-5-2-6-12-22/h1-16,19,28H,17-18H2. The van der Waals surface area contributed by atoms with Crippen LogP contribution in [0.1, 0.15) is 15.9 Å². The highest BCUT2D eigenvalue weighted by Crippen LogP contribution is 2.35. The molecule has 1 aliphatic rings. The summed E-state index contributed by atoms with van der Waals surface area (Å²) in [7, 11) is -3.81. The van der Waals surface area contributed by atoms with Crippen LogP contribution in [0.3, 0.4) is 0 Å². The van der Waals surface area contributed by atoms with Crippen molar-refractivity contribution in [2.24, 2.45) is 0 Å². The van der Waals surface area contributed by atoms with Gasteiger partial charge in [0.05, 0.1) is 10.6 Å². The molecule has 0 aromatic heterocycles. The molecule has 1 heterocycles. The van der Waals surface area contributed by atoms with Crippen molar-refractivity contribution in [3.05, 3.63) is 114 Å². The van der Waals surface area contributed by atoms with Crippen molar-refractivity contribution in [3.63, 3.8) is 0 Å². The summed E-state index contributed by atoms with van der Waals surface area (Å²) in [6.45, 7) is 0.524. The second kappa shape index (κ2) is 9.37. The Bertz CT molecular complexity index is 1440. The molecule has 5 nitrogen and oxygen atoms in total. The monoisotopic (exact) mass is 486 g/mol. The molecule has 1 amide bonds. The normalized spacial score (nSPS) is 12.9. The number of nitrogens with one attached hydrogen (secondary N) is 1. The quantitative estimate of drug-likeness (QED) is 0.372. The van der Waals surface area contributed by atoms with Crippen LogP contribution < -0.4 is 9.62 Å². The van der Waals surface area contributed by atoms with Crippen LogP contribution in [0.5, 0.6) is 0 Å². The highest BCUT2D eigenvalue weighted by molar-refractivity contribution is 7.99. The highest BCUT2D eigenvalue weighted by Gasteiger charge is 2.27. The number of rotatable bonds is 6. The molecule has 4 aromatic rings. The van der Waals surface area contributed by atoms with E-state index < -0.39 is 10.0 Å². The maximum absolute atomic E-state index is 13.2.